The Morgan fingerprint density at radius 3 is 3.27 bits per heavy atom. The molecule has 2 rings (SSSR count). The van der Waals surface area contributed by atoms with Gasteiger partial charge in [0, 0.05) is 19.3 Å². The van der Waals surface area contributed by atoms with E-state index in [2.05, 4.69) is 15.3 Å². The number of rotatable bonds is 4. The molecule has 82 valence electrons. The number of hydrogen-bond donors (Lipinski definition) is 2. The van der Waals surface area contributed by atoms with E-state index in [9.17, 15) is 0 Å². The Morgan fingerprint density at radius 1 is 1.60 bits per heavy atom. The van der Waals surface area contributed by atoms with Crippen LogP contribution < -0.4 is 11.1 Å². The smallest absolute Gasteiger partial charge is 0.221 e. The Hall–Kier alpha value is -1.36. The first-order valence-electron chi connectivity index (χ1n) is 5.28. The van der Waals surface area contributed by atoms with Crippen LogP contribution in [0.5, 0.6) is 0 Å². The number of nitrogen functional groups attached to an aromatic ring is 1. The van der Waals surface area contributed by atoms with Gasteiger partial charge >= 0.3 is 0 Å². The van der Waals surface area contributed by atoms with Crippen molar-refractivity contribution in [2.45, 2.75) is 25.4 Å². The Morgan fingerprint density at radius 2 is 2.53 bits per heavy atom. The standard InChI is InChI=1S/C10H16N4O/c11-10-13-6-4-9(14-10)12-5-3-8-2-1-7-15-8/h4,6,8H,1-3,5,7H2,(H3,11,12,13,14). The second-order valence-electron chi connectivity index (χ2n) is 3.65. The molecule has 0 aliphatic carbocycles. The normalized spacial score (nSPS) is 20.4. The number of nitrogens with one attached hydrogen (secondary N) is 1. The molecule has 1 fully saturated rings. The summed E-state index contributed by atoms with van der Waals surface area (Å²) < 4.78 is 5.52. The average Bonchev–Trinajstić information content (AvgIpc) is 2.71. The molecule has 5 nitrogen and oxygen atoms in total. The van der Waals surface area contributed by atoms with E-state index in [1.54, 1.807) is 6.20 Å². The van der Waals surface area contributed by atoms with Gasteiger partial charge in [0.25, 0.3) is 0 Å². The molecule has 1 saturated heterocycles. The lowest BCUT2D eigenvalue weighted by Crippen LogP contribution is -2.13. The number of anilines is 2. The van der Waals surface area contributed by atoms with Gasteiger partial charge in [-0.2, -0.15) is 4.98 Å². The third-order valence-electron chi connectivity index (χ3n) is 2.47. The summed E-state index contributed by atoms with van der Waals surface area (Å²) in [7, 11) is 0. The minimum absolute atomic E-state index is 0.303. The number of hydrogen-bond acceptors (Lipinski definition) is 5. The Labute approximate surface area is 89.1 Å². The zero-order chi connectivity index (χ0) is 10.5. The molecule has 0 bridgehead atoms. The highest BCUT2D eigenvalue weighted by atomic mass is 16.5. The molecule has 1 aromatic heterocycles. The zero-order valence-corrected chi connectivity index (χ0v) is 8.65. The number of nitrogens with zero attached hydrogens (tertiary/aromatic N) is 2. The Kier molecular flexibility index (Phi) is 3.34. The van der Waals surface area contributed by atoms with Crippen molar-refractivity contribution in [1.82, 2.24) is 9.97 Å². The Balaban J connectivity index is 1.73. The van der Waals surface area contributed by atoms with Gasteiger partial charge in [-0.1, -0.05) is 0 Å². The van der Waals surface area contributed by atoms with Crippen LogP contribution in [0.25, 0.3) is 0 Å². The molecular weight excluding hydrogens is 192 g/mol. The summed E-state index contributed by atoms with van der Waals surface area (Å²) in [6.07, 6.45) is 5.44. The summed E-state index contributed by atoms with van der Waals surface area (Å²) in [5.41, 5.74) is 5.47. The fourth-order valence-electron chi connectivity index (χ4n) is 1.71. The molecule has 5 heteroatoms. The quantitative estimate of drug-likeness (QED) is 0.773. The zero-order valence-electron chi connectivity index (χ0n) is 8.65. The highest BCUT2D eigenvalue weighted by Gasteiger charge is 2.14. The molecule has 1 aliphatic heterocycles. The van der Waals surface area contributed by atoms with E-state index in [1.165, 1.54) is 12.8 Å². The predicted octanol–water partition coefficient (Wildman–Crippen LogP) is 1.04. The number of nitrogens with two attached hydrogens (primary N) is 1. The van der Waals surface area contributed by atoms with Crippen LogP contribution in [0.2, 0.25) is 0 Å². The third-order valence-corrected chi connectivity index (χ3v) is 2.47. The van der Waals surface area contributed by atoms with Crippen LogP contribution in [-0.4, -0.2) is 29.2 Å². The van der Waals surface area contributed by atoms with Crippen molar-refractivity contribution < 1.29 is 4.74 Å². The van der Waals surface area contributed by atoms with Gasteiger partial charge in [-0.15, -0.1) is 0 Å². The van der Waals surface area contributed by atoms with E-state index in [0.717, 1.165) is 25.4 Å². The minimum Gasteiger partial charge on any atom is -0.378 e. The van der Waals surface area contributed by atoms with Crippen molar-refractivity contribution in [2.75, 3.05) is 24.2 Å². The summed E-state index contributed by atoms with van der Waals surface area (Å²) >= 11 is 0. The van der Waals surface area contributed by atoms with Crippen LogP contribution in [0.1, 0.15) is 19.3 Å². The Bertz CT molecular complexity index is 312. The third kappa shape index (κ3) is 3.06. The fourth-order valence-corrected chi connectivity index (χ4v) is 1.71. The van der Waals surface area contributed by atoms with E-state index in [-0.39, 0.29) is 0 Å². The van der Waals surface area contributed by atoms with Crippen molar-refractivity contribution in [1.29, 1.82) is 0 Å². The second-order valence-corrected chi connectivity index (χ2v) is 3.65. The van der Waals surface area contributed by atoms with E-state index in [4.69, 9.17) is 10.5 Å². The monoisotopic (exact) mass is 208 g/mol. The van der Waals surface area contributed by atoms with E-state index >= 15 is 0 Å². The second kappa shape index (κ2) is 4.93. The first-order valence-corrected chi connectivity index (χ1v) is 5.28. The summed E-state index contributed by atoms with van der Waals surface area (Å²) in [5, 5.41) is 3.20. The molecule has 1 aromatic rings. The van der Waals surface area contributed by atoms with Gasteiger partial charge in [0.15, 0.2) is 0 Å². The molecule has 2 heterocycles. The van der Waals surface area contributed by atoms with Gasteiger partial charge < -0.3 is 15.8 Å². The maximum absolute atomic E-state index is 5.52. The number of aromatic nitrogens is 2. The van der Waals surface area contributed by atoms with Crippen LogP contribution in [0, 0.1) is 0 Å². The molecule has 0 aromatic carbocycles. The van der Waals surface area contributed by atoms with Gasteiger partial charge in [-0.25, -0.2) is 4.98 Å². The van der Waals surface area contributed by atoms with Crippen molar-refractivity contribution in [3.8, 4) is 0 Å². The maximum atomic E-state index is 5.52. The van der Waals surface area contributed by atoms with E-state index in [1.807, 2.05) is 6.07 Å². The molecule has 1 atom stereocenters. The van der Waals surface area contributed by atoms with Crippen molar-refractivity contribution in [3.63, 3.8) is 0 Å². The van der Waals surface area contributed by atoms with Gasteiger partial charge in [0.2, 0.25) is 5.95 Å². The van der Waals surface area contributed by atoms with Gasteiger partial charge in [0.1, 0.15) is 5.82 Å². The van der Waals surface area contributed by atoms with Crippen molar-refractivity contribution in [2.24, 2.45) is 0 Å². The van der Waals surface area contributed by atoms with Crippen molar-refractivity contribution >= 4 is 11.8 Å². The first-order chi connectivity index (χ1) is 7.34. The SMILES string of the molecule is Nc1nccc(NCCC2CCCO2)n1. The molecule has 0 amide bonds. The summed E-state index contributed by atoms with van der Waals surface area (Å²) in [5.74, 6) is 1.08. The predicted molar refractivity (Wildman–Crippen MR) is 58.5 cm³/mol. The summed E-state index contributed by atoms with van der Waals surface area (Å²) in [6.45, 7) is 1.77. The van der Waals surface area contributed by atoms with Crippen molar-refractivity contribution in [3.05, 3.63) is 12.3 Å². The summed E-state index contributed by atoms with van der Waals surface area (Å²) in [6, 6.07) is 1.81. The number of ether oxygens (including phenoxy) is 1. The lowest BCUT2D eigenvalue weighted by Gasteiger charge is -2.10. The van der Waals surface area contributed by atoms with E-state index < -0.39 is 0 Å². The van der Waals surface area contributed by atoms with Gasteiger partial charge in [-0.05, 0) is 25.3 Å². The van der Waals surface area contributed by atoms with Crippen LogP contribution in [0.15, 0.2) is 12.3 Å². The molecule has 1 unspecified atom stereocenters. The lowest BCUT2D eigenvalue weighted by molar-refractivity contribution is 0.107. The molecular formula is C10H16N4O. The largest absolute Gasteiger partial charge is 0.378 e. The molecule has 15 heavy (non-hydrogen) atoms. The van der Waals surface area contributed by atoms with Crippen LogP contribution in [0.4, 0.5) is 11.8 Å². The van der Waals surface area contributed by atoms with Gasteiger partial charge in [0.05, 0.1) is 6.10 Å². The molecule has 0 saturated carbocycles. The minimum atomic E-state index is 0.303. The molecule has 0 spiro atoms. The highest BCUT2D eigenvalue weighted by Crippen LogP contribution is 2.15. The first kappa shape index (κ1) is 10.2. The topological polar surface area (TPSA) is 73.1 Å². The van der Waals surface area contributed by atoms with Crippen LogP contribution in [0.3, 0.4) is 0 Å². The van der Waals surface area contributed by atoms with Crippen LogP contribution in [-0.2, 0) is 4.74 Å². The van der Waals surface area contributed by atoms with Crippen LogP contribution >= 0.6 is 0 Å². The highest BCUT2D eigenvalue weighted by molar-refractivity contribution is 5.37. The average molecular weight is 208 g/mol. The molecule has 3 N–H and O–H groups in total. The summed E-state index contributed by atoms with van der Waals surface area (Å²) in [4.78, 5) is 7.88. The molecule has 0 radical (unpaired) electrons. The van der Waals surface area contributed by atoms with Gasteiger partial charge in [-0.3, -0.25) is 0 Å². The lowest BCUT2D eigenvalue weighted by atomic mass is 10.2. The molecule has 1 aliphatic rings. The maximum Gasteiger partial charge on any atom is 0.221 e. The van der Waals surface area contributed by atoms with E-state index in [0.29, 0.717) is 12.1 Å². The fraction of sp³-hybridized carbons (Fsp3) is 0.600.